The van der Waals surface area contributed by atoms with Crippen molar-refractivity contribution in [3.63, 3.8) is 0 Å². The van der Waals surface area contributed by atoms with E-state index in [9.17, 15) is 21.9 Å². The van der Waals surface area contributed by atoms with Crippen LogP contribution in [0.1, 0.15) is 12.0 Å². The largest absolute Gasteiger partial charge is 0.367 e. The molecule has 0 bridgehead atoms. The van der Waals surface area contributed by atoms with Gasteiger partial charge in [0.2, 0.25) is 0 Å². The fraction of sp³-hybridized carbons (Fsp3) is 0.250. The SMILES string of the molecule is Cc1ccc(S(=O)(=O)OC(O)CCS(=O)(=O)c2ccccc2)cc1. The smallest absolute Gasteiger partial charge is 0.299 e. The van der Waals surface area contributed by atoms with Gasteiger partial charge in [0.15, 0.2) is 16.1 Å². The lowest BCUT2D eigenvalue weighted by Gasteiger charge is -2.12. The zero-order valence-electron chi connectivity index (χ0n) is 13.0. The van der Waals surface area contributed by atoms with Gasteiger partial charge in [-0.2, -0.15) is 8.42 Å². The molecule has 0 heterocycles. The summed E-state index contributed by atoms with van der Waals surface area (Å²) in [5, 5.41) is 9.75. The standard InChI is InChI=1S/C16H18O6S2/c1-13-7-9-15(10-8-13)24(20,21)22-16(17)11-12-23(18,19)14-5-3-2-4-6-14/h2-10,16-17H,11-12H2,1H3. The Morgan fingerprint density at radius 2 is 1.50 bits per heavy atom. The Labute approximate surface area is 141 Å². The Hall–Kier alpha value is -1.74. The highest BCUT2D eigenvalue weighted by Gasteiger charge is 2.23. The Morgan fingerprint density at radius 1 is 0.917 bits per heavy atom. The molecular weight excluding hydrogens is 352 g/mol. The number of hydrogen-bond acceptors (Lipinski definition) is 6. The zero-order valence-corrected chi connectivity index (χ0v) is 14.6. The minimum absolute atomic E-state index is 0.0990. The summed E-state index contributed by atoms with van der Waals surface area (Å²) < 4.78 is 52.9. The Morgan fingerprint density at radius 3 is 2.08 bits per heavy atom. The lowest BCUT2D eigenvalue weighted by Crippen LogP contribution is -2.21. The second-order valence-electron chi connectivity index (χ2n) is 5.24. The monoisotopic (exact) mass is 370 g/mol. The van der Waals surface area contributed by atoms with Crippen LogP contribution in [0.5, 0.6) is 0 Å². The fourth-order valence-corrected chi connectivity index (χ4v) is 4.25. The molecule has 8 heteroatoms. The van der Waals surface area contributed by atoms with Crippen LogP contribution in [-0.4, -0.2) is 34.0 Å². The molecular formula is C16H18O6S2. The first-order valence-electron chi connectivity index (χ1n) is 7.16. The third-order valence-corrected chi connectivity index (χ3v) is 6.37. The molecule has 0 amide bonds. The van der Waals surface area contributed by atoms with E-state index < -0.39 is 32.0 Å². The van der Waals surface area contributed by atoms with E-state index in [1.807, 2.05) is 0 Å². The minimum atomic E-state index is -4.15. The van der Waals surface area contributed by atoms with Crippen molar-refractivity contribution in [1.82, 2.24) is 0 Å². The summed E-state index contributed by atoms with van der Waals surface area (Å²) in [6.07, 6.45) is -2.10. The van der Waals surface area contributed by atoms with Crippen LogP contribution in [0.3, 0.4) is 0 Å². The van der Waals surface area contributed by atoms with Gasteiger partial charge in [-0.15, -0.1) is 0 Å². The number of hydrogen-bond donors (Lipinski definition) is 1. The van der Waals surface area contributed by atoms with Gasteiger partial charge in [0, 0.05) is 6.42 Å². The summed E-state index contributed by atoms with van der Waals surface area (Å²) in [5.41, 5.74) is 0.878. The van der Waals surface area contributed by atoms with Gasteiger partial charge in [-0.05, 0) is 31.2 Å². The van der Waals surface area contributed by atoms with E-state index in [0.29, 0.717) is 0 Å². The van der Waals surface area contributed by atoms with Crippen LogP contribution in [-0.2, 0) is 24.1 Å². The second kappa shape index (κ2) is 7.43. The van der Waals surface area contributed by atoms with Crippen LogP contribution < -0.4 is 0 Å². The topological polar surface area (TPSA) is 97.7 Å². The van der Waals surface area contributed by atoms with Crippen LogP contribution in [0.4, 0.5) is 0 Å². The quantitative estimate of drug-likeness (QED) is 0.590. The van der Waals surface area contributed by atoms with Crippen LogP contribution in [0.25, 0.3) is 0 Å². The Kier molecular flexibility index (Phi) is 5.76. The van der Waals surface area contributed by atoms with Gasteiger partial charge >= 0.3 is 0 Å². The van der Waals surface area contributed by atoms with Gasteiger partial charge < -0.3 is 5.11 Å². The molecule has 0 fully saturated rings. The van der Waals surface area contributed by atoms with Crippen molar-refractivity contribution in [1.29, 1.82) is 0 Å². The second-order valence-corrected chi connectivity index (χ2v) is 8.92. The van der Waals surface area contributed by atoms with Gasteiger partial charge in [0.25, 0.3) is 10.1 Å². The average molecular weight is 370 g/mol. The summed E-state index contributed by atoms with van der Waals surface area (Å²) in [5.74, 6) is -0.429. The van der Waals surface area contributed by atoms with Gasteiger partial charge in [-0.25, -0.2) is 12.6 Å². The number of rotatable bonds is 7. The van der Waals surface area contributed by atoms with Crippen LogP contribution in [0, 0.1) is 6.92 Å². The summed E-state index contributed by atoms with van der Waals surface area (Å²) in [6.45, 7) is 1.81. The van der Waals surface area contributed by atoms with E-state index in [-0.39, 0.29) is 16.2 Å². The van der Waals surface area contributed by atoms with Gasteiger partial charge in [-0.1, -0.05) is 35.9 Å². The van der Waals surface area contributed by atoms with E-state index in [4.69, 9.17) is 0 Å². The van der Waals surface area contributed by atoms with Crippen molar-refractivity contribution in [2.75, 3.05) is 5.75 Å². The van der Waals surface area contributed by atoms with Crippen LogP contribution >= 0.6 is 0 Å². The van der Waals surface area contributed by atoms with E-state index in [0.717, 1.165) is 5.56 Å². The van der Waals surface area contributed by atoms with E-state index in [1.54, 1.807) is 37.3 Å². The lowest BCUT2D eigenvalue weighted by molar-refractivity contribution is -0.0131. The maximum atomic E-state index is 12.1. The molecule has 0 spiro atoms. The fourth-order valence-electron chi connectivity index (χ4n) is 1.96. The predicted molar refractivity (Wildman–Crippen MR) is 88.6 cm³/mol. The van der Waals surface area contributed by atoms with E-state index in [1.165, 1.54) is 24.3 Å². The molecule has 24 heavy (non-hydrogen) atoms. The molecule has 6 nitrogen and oxygen atoms in total. The van der Waals surface area contributed by atoms with Gasteiger partial charge in [-0.3, -0.25) is 0 Å². The predicted octanol–water partition coefficient (Wildman–Crippen LogP) is 1.88. The summed E-state index contributed by atoms with van der Waals surface area (Å²) in [6, 6.07) is 13.6. The highest BCUT2D eigenvalue weighted by molar-refractivity contribution is 7.91. The Bertz CT molecular complexity index is 872. The first-order valence-corrected chi connectivity index (χ1v) is 10.2. The molecule has 2 aromatic carbocycles. The number of sulfone groups is 1. The van der Waals surface area contributed by atoms with Crippen molar-refractivity contribution >= 4 is 20.0 Å². The molecule has 2 aromatic rings. The maximum Gasteiger partial charge on any atom is 0.299 e. The molecule has 0 aliphatic heterocycles. The zero-order chi connectivity index (χ0) is 17.8. The normalized spacial score (nSPS) is 13.6. The molecule has 0 saturated heterocycles. The first kappa shape index (κ1) is 18.6. The summed E-state index contributed by atoms with van der Waals surface area (Å²) in [7, 11) is -7.77. The van der Waals surface area contributed by atoms with Crippen molar-refractivity contribution in [3.05, 3.63) is 60.2 Å². The molecule has 0 aliphatic rings. The van der Waals surface area contributed by atoms with Crippen LogP contribution in [0.2, 0.25) is 0 Å². The molecule has 1 N–H and O–H groups in total. The molecule has 1 unspecified atom stereocenters. The highest BCUT2D eigenvalue weighted by atomic mass is 32.2. The maximum absolute atomic E-state index is 12.1. The first-order chi connectivity index (χ1) is 11.2. The molecule has 130 valence electrons. The van der Waals surface area contributed by atoms with Crippen molar-refractivity contribution in [2.45, 2.75) is 29.4 Å². The molecule has 0 aromatic heterocycles. The van der Waals surface area contributed by atoms with Crippen molar-refractivity contribution in [3.8, 4) is 0 Å². The van der Waals surface area contributed by atoms with Crippen LogP contribution in [0.15, 0.2) is 64.4 Å². The molecule has 0 aliphatic carbocycles. The number of benzene rings is 2. The third-order valence-electron chi connectivity index (χ3n) is 3.28. The minimum Gasteiger partial charge on any atom is -0.367 e. The number of aryl methyl sites for hydroxylation is 1. The summed E-state index contributed by atoms with van der Waals surface area (Å²) in [4.78, 5) is 0.0108. The Balaban J connectivity index is 2.00. The molecule has 1 atom stereocenters. The highest BCUT2D eigenvalue weighted by Crippen LogP contribution is 2.17. The van der Waals surface area contributed by atoms with Gasteiger partial charge in [0.1, 0.15) is 0 Å². The van der Waals surface area contributed by atoms with Crippen molar-refractivity contribution < 1.29 is 26.1 Å². The lowest BCUT2D eigenvalue weighted by atomic mass is 10.2. The summed E-state index contributed by atoms with van der Waals surface area (Å²) >= 11 is 0. The van der Waals surface area contributed by atoms with E-state index in [2.05, 4.69) is 4.18 Å². The van der Waals surface area contributed by atoms with Gasteiger partial charge in [0.05, 0.1) is 15.5 Å². The van der Waals surface area contributed by atoms with Crippen molar-refractivity contribution in [2.24, 2.45) is 0 Å². The molecule has 0 radical (unpaired) electrons. The van der Waals surface area contributed by atoms with E-state index >= 15 is 0 Å². The average Bonchev–Trinajstić information content (AvgIpc) is 2.54. The number of aliphatic hydroxyl groups is 1. The molecule has 2 rings (SSSR count). The number of aliphatic hydroxyl groups excluding tert-OH is 1. The molecule has 0 saturated carbocycles. The third kappa shape index (κ3) is 4.88.